The number of ether oxygens (including phenoxy) is 1. The van der Waals surface area contributed by atoms with Crippen molar-refractivity contribution in [3.05, 3.63) is 78.1 Å². The van der Waals surface area contributed by atoms with E-state index in [1.807, 2.05) is 24.3 Å². The Morgan fingerprint density at radius 1 is 1.21 bits per heavy atom. The van der Waals surface area contributed by atoms with Gasteiger partial charge in [-0.05, 0) is 30.7 Å². The van der Waals surface area contributed by atoms with Gasteiger partial charge in [-0.15, -0.1) is 0 Å². The fraction of sp³-hybridized carbons (Fsp3) is 0.136. The average molecular weight is 393 g/mol. The van der Waals surface area contributed by atoms with Crippen molar-refractivity contribution in [1.82, 2.24) is 4.98 Å². The third kappa shape index (κ3) is 3.14. The molecule has 0 fully saturated rings. The Morgan fingerprint density at radius 3 is 2.86 bits per heavy atom. The van der Waals surface area contributed by atoms with Crippen molar-refractivity contribution >= 4 is 39.9 Å². The minimum Gasteiger partial charge on any atom is -0.493 e. The quantitative estimate of drug-likeness (QED) is 0.616. The highest BCUT2D eigenvalue weighted by Crippen LogP contribution is 2.38. The van der Waals surface area contributed by atoms with Crippen LogP contribution in [-0.2, 0) is 9.59 Å². The van der Waals surface area contributed by atoms with E-state index in [1.165, 1.54) is 6.20 Å². The van der Waals surface area contributed by atoms with Crippen molar-refractivity contribution in [2.75, 3.05) is 11.5 Å². The van der Waals surface area contributed by atoms with Gasteiger partial charge in [-0.1, -0.05) is 42.4 Å². The van der Waals surface area contributed by atoms with Crippen LogP contribution in [0.3, 0.4) is 0 Å². The Balaban J connectivity index is 1.84. The predicted octanol–water partition coefficient (Wildman–Crippen LogP) is 4.50. The summed E-state index contributed by atoms with van der Waals surface area (Å²) in [6, 6.07) is 12.7. The molecule has 3 aromatic rings. The van der Waals surface area contributed by atoms with Gasteiger partial charge in [0.05, 0.1) is 24.4 Å². The zero-order valence-corrected chi connectivity index (χ0v) is 15.7. The maximum absolute atomic E-state index is 13.5. The van der Waals surface area contributed by atoms with Crippen LogP contribution in [0.15, 0.2) is 67.5 Å². The molecule has 2 heterocycles. The number of fused-ring (bicyclic) bond motifs is 2. The van der Waals surface area contributed by atoms with Gasteiger partial charge in [0.25, 0.3) is 5.91 Å². The Kier molecular flexibility index (Phi) is 4.84. The molecule has 0 saturated carbocycles. The smallest absolute Gasteiger partial charge is 0.257 e. The summed E-state index contributed by atoms with van der Waals surface area (Å²) in [5.74, 6) is -0.797. The first kappa shape index (κ1) is 18.2. The first-order chi connectivity index (χ1) is 13.6. The number of imide groups is 1. The lowest BCUT2D eigenvalue weighted by Crippen LogP contribution is -2.40. The third-order valence-electron chi connectivity index (χ3n) is 4.81. The van der Waals surface area contributed by atoms with E-state index in [0.29, 0.717) is 35.1 Å². The maximum Gasteiger partial charge on any atom is 0.257 e. The van der Waals surface area contributed by atoms with E-state index >= 15 is 0 Å². The normalized spacial score (nSPS) is 15.4. The van der Waals surface area contributed by atoms with E-state index in [0.717, 1.165) is 21.7 Å². The number of nitrogens with zero attached hydrogens (tertiary/aromatic N) is 2. The minimum absolute atomic E-state index is 0.352. The summed E-state index contributed by atoms with van der Waals surface area (Å²) in [7, 11) is 0. The highest BCUT2D eigenvalue weighted by atomic mass is 35.5. The average Bonchev–Trinajstić information content (AvgIpc) is 2.73. The molecule has 6 heteroatoms. The molecule has 1 aliphatic heterocycles. The van der Waals surface area contributed by atoms with E-state index in [2.05, 4.69) is 11.6 Å². The van der Waals surface area contributed by atoms with Gasteiger partial charge >= 0.3 is 0 Å². The van der Waals surface area contributed by atoms with Crippen LogP contribution >= 0.6 is 11.6 Å². The van der Waals surface area contributed by atoms with Crippen LogP contribution in [-0.4, -0.2) is 23.4 Å². The second kappa shape index (κ2) is 7.44. The summed E-state index contributed by atoms with van der Waals surface area (Å²) in [4.78, 5) is 31.6. The van der Waals surface area contributed by atoms with E-state index in [1.54, 1.807) is 24.4 Å². The van der Waals surface area contributed by atoms with E-state index < -0.39 is 11.8 Å². The summed E-state index contributed by atoms with van der Waals surface area (Å²) >= 11 is 6.14. The van der Waals surface area contributed by atoms with E-state index in [-0.39, 0.29) is 5.91 Å². The zero-order valence-electron chi connectivity index (χ0n) is 15.0. The van der Waals surface area contributed by atoms with Crippen LogP contribution in [0.1, 0.15) is 17.9 Å². The molecular formula is C22H17ClN2O3. The van der Waals surface area contributed by atoms with Gasteiger partial charge in [-0.25, -0.2) is 4.90 Å². The lowest BCUT2D eigenvalue weighted by molar-refractivity contribution is -0.125. The Labute approximate surface area is 167 Å². The number of amides is 2. The molecule has 28 heavy (non-hydrogen) atoms. The number of aromatic nitrogens is 1. The summed E-state index contributed by atoms with van der Waals surface area (Å²) in [6.07, 6.45) is 4.81. The standard InChI is InChI=1S/C22H17ClN2O3/c1-2-21(26)25(19-13-24-12-14-5-3-4-6-16(14)19)22(27)17-9-10-28-20-8-7-15(23)11-18(17)20/h2-8,11-13,17H,1,9-10H2. The number of hydrogen-bond donors (Lipinski definition) is 0. The largest absolute Gasteiger partial charge is 0.493 e. The van der Waals surface area contributed by atoms with Crippen molar-refractivity contribution in [1.29, 1.82) is 0 Å². The van der Waals surface area contributed by atoms with Crippen LogP contribution in [0.4, 0.5) is 5.69 Å². The number of carbonyl (C=O) groups is 2. The molecule has 140 valence electrons. The molecule has 1 aliphatic rings. The van der Waals surface area contributed by atoms with Crippen molar-refractivity contribution in [3.63, 3.8) is 0 Å². The summed E-state index contributed by atoms with van der Waals surface area (Å²) in [5, 5.41) is 2.11. The third-order valence-corrected chi connectivity index (χ3v) is 5.05. The molecule has 1 aromatic heterocycles. The maximum atomic E-state index is 13.5. The van der Waals surface area contributed by atoms with Crippen LogP contribution in [0.25, 0.3) is 10.8 Å². The van der Waals surface area contributed by atoms with Crippen molar-refractivity contribution in [2.24, 2.45) is 0 Å². The SMILES string of the molecule is C=CC(=O)N(C(=O)C1CCOc2ccc(Cl)cc21)c1cncc2ccccc12. The molecule has 5 nitrogen and oxygen atoms in total. The molecular weight excluding hydrogens is 376 g/mol. The van der Waals surface area contributed by atoms with Gasteiger partial charge in [0.2, 0.25) is 5.91 Å². The number of rotatable bonds is 3. The van der Waals surface area contributed by atoms with Crippen LogP contribution in [0.5, 0.6) is 5.75 Å². The molecule has 0 N–H and O–H groups in total. The monoisotopic (exact) mass is 392 g/mol. The highest BCUT2D eigenvalue weighted by Gasteiger charge is 2.35. The van der Waals surface area contributed by atoms with Crippen molar-refractivity contribution in [2.45, 2.75) is 12.3 Å². The first-order valence-electron chi connectivity index (χ1n) is 8.85. The summed E-state index contributed by atoms with van der Waals surface area (Å²) in [6.45, 7) is 3.95. The van der Waals surface area contributed by atoms with E-state index in [4.69, 9.17) is 16.3 Å². The molecule has 1 unspecified atom stereocenters. The number of anilines is 1. The number of pyridine rings is 1. The fourth-order valence-corrected chi connectivity index (χ4v) is 3.67. The van der Waals surface area contributed by atoms with Gasteiger partial charge in [-0.3, -0.25) is 14.6 Å². The number of hydrogen-bond acceptors (Lipinski definition) is 4. The Hall–Kier alpha value is -3.18. The van der Waals surface area contributed by atoms with Crippen molar-refractivity contribution < 1.29 is 14.3 Å². The van der Waals surface area contributed by atoms with Crippen LogP contribution in [0, 0.1) is 0 Å². The predicted molar refractivity (Wildman–Crippen MR) is 109 cm³/mol. The molecule has 0 aliphatic carbocycles. The van der Waals surface area contributed by atoms with Gasteiger partial charge in [0, 0.05) is 27.6 Å². The summed E-state index contributed by atoms with van der Waals surface area (Å²) < 4.78 is 5.65. The minimum atomic E-state index is -0.551. The number of halogens is 1. The second-order valence-electron chi connectivity index (χ2n) is 6.47. The Morgan fingerprint density at radius 2 is 2.04 bits per heavy atom. The fourth-order valence-electron chi connectivity index (χ4n) is 3.49. The number of carbonyl (C=O) groups excluding carboxylic acids is 2. The first-order valence-corrected chi connectivity index (χ1v) is 9.23. The van der Waals surface area contributed by atoms with Gasteiger partial charge in [-0.2, -0.15) is 0 Å². The van der Waals surface area contributed by atoms with Gasteiger partial charge in [0.15, 0.2) is 0 Å². The van der Waals surface area contributed by atoms with Gasteiger partial charge in [0.1, 0.15) is 5.75 Å². The summed E-state index contributed by atoms with van der Waals surface area (Å²) in [5.41, 5.74) is 1.11. The Bertz CT molecular complexity index is 1090. The molecule has 0 spiro atoms. The lowest BCUT2D eigenvalue weighted by atomic mass is 9.91. The number of benzene rings is 2. The zero-order chi connectivity index (χ0) is 19.7. The van der Waals surface area contributed by atoms with E-state index in [9.17, 15) is 9.59 Å². The topological polar surface area (TPSA) is 59.5 Å². The highest BCUT2D eigenvalue weighted by molar-refractivity contribution is 6.30. The van der Waals surface area contributed by atoms with Gasteiger partial charge < -0.3 is 4.74 Å². The molecule has 0 saturated heterocycles. The lowest BCUT2D eigenvalue weighted by Gasteiger charge is -2.30. The second-order valence-corrected chi connectivity index (χ2v) is 6.90. The molecule has 1 atom stereocenters. The molecule has 4 rings (SSSR count). The molecule has 2 amide bonds. The van der Waals surface area contributed by atoms with Crippen molar-refractivity contribution in [3.8, 4) is 5.75 Å². The van der Waals surface area contributed by atoms with Crippen LogP contribution in [0.2, 0.25) is 5.02 Å². The molecule has 0 radical (unpaired) electrons. The molecule has 2 aromatic carbocycles. The molecule has 0 bridgehead atoms. The van der Waals surface area contributed by atoms with Crippen LogP contribution < -0.4 is 9.64 Å².